The molecule has 0 aliphatic heterocycles. The van der Waals surface area contributed by atoms with Crippen LogP contribution in [-0.4, -0.2) is 43.4 Å². The molecule has 45 heavy (non-hydrogen) atoms. The van der Waals surface area contributed by atoms with Gasteiger partial charge >= 0.3 is 0 Å². The average molecular weight is 615 g/mol. The van der Waals surface area contributed by atoms with Crippen molar-refractivity contribution in [2.75, 3.05) is 0 Å². The van der Waals surface area contributed by atoms with Crippen LogP contribution in [0.5, 0.6) is 5.75 Å². The first kappa shape index (κ1) is 32.7. The summed E-state index contributed by atoms with van der Waals surface area (Å²) < 4.78 is 0. The van der Waals surface area contributed by atoms with Gasteiger partial charge in [0.25, 0.3) is 0 Å². The molecule has 5 rings (SSSR count). The van der Waals surface area contributed by atoms with Crippen molar-refractivity contribution in [2.45, 2.75) is 99.0 Å². The van der Waals surface area contributed by atoms with Gasteiger partial charge in [0, 0.05) is 27.9 Å². The van der Waals surface area contributed by atoms with Gasteiger partial charge in [-0.3, -0.25) is 14.4 Å². The van der Waals surface area contributed by atoms with Gasteiger partial charge in [0.15, 0.2) is 17.2 Å². The van der Waals surface area contributed by atoms with Crippen molar-refractivity contribution < 1.29 is 34.8 Å². The van der Waals surface area contributed by atoms with E-state index in [9.17, 15) is 34.8 Å². The molecular formula is C38H46O7. The SMILES string of the molecule is CC(=O)C1=C(O)[C@]2(O)C(=O)C3=C(O)c4c(O)c(C(C)(C)C)cc(-c5ccc(C(C)C)cc5)c4C[C@]3(C)C[C@]2(C)C(C(C)C)C1=O. The Balaban J connectivity index is 1.86. The number of aromatic hydroxyl groups is 1. The molecular weight excluding hydrogens is 568 g/mol. The maximum atomic E-state index is 14.7. The van der Waals surface area contributed by atoms with E-state index in [1.807, 2.05) is 45.9 Å². The molecule has 0 amide bonds. The number of rotatable bonds is 4. The Kier molecular flexibility index (Phi) is 7.37. The lowest BCUT2D eigenvalue weighted by molar-refractivity contribution is -0.178. The fraction of sp³-hybridized carbons (Fsp3) is 0.500. The molecule has 7 nitrogen and oxygen atoms in total. The first-order valence-electron chi connectivity index (χ1n) is 15.8. The van der Waals surface area contributed by atoms with Crippen LogP contribution in [0.4, 0.5) is 0 Å². The summed E-state index contributed by atoms with van der Waals surface area (Å²) in [6.45, 7) is 18.3. The van der Waals surface area contributed by atoms with Gasteiger partial charge < -0.3 is 20.4 Å². The second-order valence-electron chi connectivity index (χ2n) is 15.7. The van der Waals surface area contributed by atoms with E-state index in [-0.39, 0.29) is 35.6 Å². The number of fused-ring (bicyclic) bond motifs is 3. The predicted molar refractivity (Wildman–Crippen MR) is 174 cm³/mol. The summed E-state index contributed by atoms with van der Waals surface area (Å²) in [5.74, 6) is -4.87. The molecule has 0 bridgehead atoms. The third kappa shape index (κ3) is 4.37. The number of allylic oxidation sites excluding steroid dienone is 1. The van der Waals surface area contributed by atoms with E-state index in [2.05, 4.69) is 26.0 Å². The number of Topliss-reactive ketones (excluding diaryl/α,β-unsaturated/α-hetero) is 3. The van der Waals surface area contributed by atoms with E-state index in [1.54, 1.807) is 20.8 Å². The molecule has 3 aliphatic rings. The van der Waals surface area contributed by atoms with Gasteiger partial charge in [-0.1, -0.05) is 86.6 Å². The number of aliphatic hydroxyl groups excluding tert-OH is 2. The van der Waals surface area contributed by atoms with Gasteiger partial charge in [-0.05, 0) is 65.3 Å². The van der Waals surface area contributed by atoms with Gasteiger partial charge in [-0.15, -0.1) is 0 Å². The molecule has 1 saturated carbocycles. The minimum Gasteiger partial charge on any atom is -0.508 e. The standard InChI is InChI=1S/C38H46O7/c1-18(2)21-11-13-22(14-12-21)23-15-25(35(6,7)8)30(40)27-24(23)16-36(9)17-37(10)28(19(3)4)31(41)26(20(5)39)33(43)38(37,45)34(44)29(36)32(27)42/h11-15,18-19,28,40,42-43,45H,16-17H2,1-10H3/t28?,36-,37-,38+/m1/s1. The molecule has 0 heterocycles. The highest BCUT2D eigenvalue weighted by Crippen LogP contribution is 2.65. The number of carbonyl (C=O) groups is 3. The normalized spacial score (nSPS) is 28.4. The number of hydrogen-bond donors (Lipinski definition) is 4. The maximum absolute atomic E-state index is 14.7. The van der Waals surface area contributed by atoms with Gasteiger partial charge in [0.2, 0.25) is 5.78 Å². The lowest BCUT2D eigenvalue weighted by atomic mass is 9.43. The number of benzene rings is 2. The first-order chi connectivity index (χ1) is 20.6. The molecule has 2 aromatic rings. The van der Waals surface area contributed by atoms with E-state index in [1.165, 1.54) is 5.56 Å². The number of hydrogen-bond acceptors (Lipinski definition) is 7. The predicted octanol–water partition coefficient (Wildman–Crippen LogP) is 7.28. The monoisotopic (exact) mass is 614 g/mol. The summed E-state index contributed by atoms with van der Waals surface area (Å²) in [7, 11) is 0. The smallest absolute Gasteiger partial charge is 0.203 e. The van der Waals surface area contributed by atoms with Crippen molar-refractivity contribution >= 4 is 23.1 Å². The molecule has 1 fully saturated rings. The van der Waals surface area contributed by atoms with Crippen LogP contribution in [0.1, 0.15) is 104 Å². The van der Waals surface area contributed by atoms with Crippen LogP contribution in [0.25, 0.3) is 16.9 Å². The topological polar surface area (TPSA) is 132 Å². The van der Waals surface area contributed by atoms with Crippen molar-refractivity contribution in [2.24, 2.45) is 22.7 Å². The second kappa shape index (κ2) is 10.1. The molecule has 3 aliphatic carbocycles. The summed E-state index contributed by atoms with van der Waals surface area (Å²) in [6.07, 6.45) is 0.278. The van der Waals surface area contributed by atoms with Crippen LogP contribution in [0.15, 0.2) is 47.2 Å². The van der Waals surface area contributed by atoms with E-state index < -0.39 is 62.2 Å². The number of phenols is 1. The van der Waals surface area contributed by atoms with E-state index in [4.69, 9.17) is 0 Å². The van der Waals surface area contributed by atoms with Crippen LogP contribution < -0.4 is 0 Å². The Labute approximate surface area is 265 Å². The molecule has 2 aromatic carbocycles. The molecule has 240 valence electrons. The molecule has 7 heteroatoms. The molecule has 4 N–H and O–H groups in total. The summed E-state index contributed by atoms with van der Waals surface area (Å²) in [5, 5.41) is 47.6. The molecule has 0 spiro atoms. The van der Waals surface area contributed by atoms with Crippen LogP contribution in [0.2, 0.25) is 0 Å². The number of ketones is 3. The van der Waals surface area contributed by atoms with Crippen molar-refractivity contribution in [3.05, 3.63) is 69.5 Å². The molecule has 0 aromatic heterocycles. The van der Waals surface area contributed by atoms with Crippen LogP contribution in [0.3, 0.4) is 0 Å². The van der Waals surface area contributed by atoms with Gasteiger partial charge in [-0.2, -0.15) is 0 Å². The number of phenolic OH excluding ortho intramolecular Hbond substituents is 1. The molecule has 4 atom stereocenters. The summed E-state index contributed by atoms with van der Waals surface area (Å²) in [6, 6.07) is 10.1. The zero-order chi connectivity index (χ0) is 33.8. The Morgan fingerprint density at radius 1 is 0.978 bits per heavy atom. The number of carbonyl (C=O) groups excluding carboxylic acids is 3. The third-order valence-electron chi connectivity index (χ3n) is 10.7. The Morgan fingerprint density at radius 3 is 2.04 bits per heavy atom. The first-order valence-corrected chi connectivity index (χ1v) is 15.8. The van der Waals surface area contributed by atoms with E-state index in [0.29, 0.717) is 17.0 Å². The van der Waals surface area contributed by atoms with Crippen molar-refractivity contribution in [1.82, 2.24) is 0 Å². The molecule has 1 unspecified atom stereocenters. The van der Waals surface area contributed by atoms with E-state index in [0.717, 1.165) is 18.1 Å². The quantitative estimate of drug-likeness (QED) is 0.266. The van der Waals surface area contributed by atoms with Gasteiger partial charge in [0.1, 0.15) is 22.8 Å². The van der Waals surface area contributed by atoms with Crippen LogP contribution in [0, 0.1) is 22.7 Å². The van der Waals surface area contributed by atoms with Crippen molar-refractivity contribution in [1.29, 1.82) is 0 Å². The number of aliphatic hydroxyl groups is 3. The van der Waals surface area contributed by atoms with Gasteiger partial charge in [-0.25, -0.2) is 0 Å². The van der Waals surface area contributed by atoms with Crippen LogP contribution in [-0.2, 0) is 26.2 Å². The maximum Gasteiger partial charge on any atom is 0.203 e. The minimum absolute atomic E-state index is 0.0540. The van der Waals surface area contributed by atoms with Gasteiger partial charge in [0.05, 0.1) is 5.56 Å². The Morgan fingerprint density at radius 2 is 1.56 bits per heavy atom. The summed E-state index contributed by atoms with van der Waals surface area (Å²) >= 11 is 0. The average Bonchev–Trinajstić information content (AvgIpc) is 2.89. The lowest BCUT2D eigenvalue weighted by Crippen LogP contribution is -2.69. The zero-order valence-corrected chi connectivity index (χ0v) is 28.0. The highest BCUT2D eigenvalue weighted by molar-refractivity contribution is 6.24. The second-order valence-corrected chi connectivity index (χ2v) is 15.7. The lowest BCUT2D eigenvalue weighted by Gasteiger charge is -2.59. The molecule has 0 radical (unpaired) electrons. The minimum atomic E-state index is -2.63. The summed E-state index contributed by atoms with van der Waals surface area (Å²) in [5.41, 5.74) is -2.20. The zero-order valence-electron chi connectivity index (χ0n) is 28.0. The van der Waals surface area contributed by atoms with Crippen molar-refractivity contribution in [3.8, 4) is 16.9 Å². The summed E-state index contributed by atoms with van der Waals surface area (Å²) in [4.78, 5) is 41.1. The fourth-order valence-electron chi connectivity index (χ4n) is 8.66. The fourth-order valence-corrected chi connectivity index (χ4v) is 8.66. The third-order valence-corrected chi connectivity index (χ3v) is 10.7. The highest BCUT2D eigenvalue weighted by Gasteiger charge is 2.72. The Bertz CT molecular complexity index is 1720. The van der Waals surface area contributed by atoms with E-state index >= 15 is 0 Å². The van der Waals surface area contributed by atoms with Crippen LogP contribution >= 0.6 is 0 Å². The van der Waals surface area contributed by atoms with Crippen molar-refractivity contribution in [3.63, 3.8) is 0 Å². The largest absolute Gasteiger partial charge is 0.508 e. The molecule has 0 saturated heterocycles. The Hall–Kier alpha value is -3.71. The highest BCUT2D eigenvalue weighted by atomic mass is 16.3.